The van der Waals surface area contributed by atoms with Crippen LogP contribution in [0.4, 0.5) is 0 Å². The molecule has 2 rings (SSSR count). The van der Waals surface area contributed by atoms with Crippen LogP contribution in [0.5, 0.6) is 0 Å². The van der Waals surface area contributed by atoms with E-state index in [2.05, 4.69) is 10.6 Å². The van der Waals surface area contributed by atoms with Crippen LogP contribution in [0.1, 0.15) is 32.1 Å². The number of rotatable bonds is 2. The summed E-state index contributed by atoms with van der Waals surface area (Å²) in [6, 6.07) is 1.69. The maximum atomic E-state index is 3.72. The van der Waals surface area contributed by atoms with Gasteiger partial charge in [-0.1, -0.05) is 6.42 Å². The monoisotopic (exact) mass is 226 g/mol. The van der Waals surface area contributed by atoms with E-state index in [0.29, 0.717) is 0 Å². The quantitative estimate of drug-likeness (QED) is 0.750. The van der Waals surface area contributed by atoms with Crippen LogP contribution in [0.2, 0.25) is 0 Å². The van der Waals surface area contributed by atoms with Gasteiger partial charge >= 0.3 is 0 Å². The van der Waals surface area contributed by atoms with Crippen LogP contribution in [0.25, 0.3) is 0 Å². The van der Waals surface area contributed by atoms with Gasteiger partial charge in [-0.3, -0.25) is 0 Å². The molecule has 1 saturated carbocycles. The molecule has 4 heteroatoms. The van der Waals surface area contributed by atoms with Gasteiger partial charge in [0.2, 0.25) is 0 Å². The molecule has 1 heterocycles. The van der Waals surface area contributed by atoms with E-state index < -0.39 is 0 Å². The molecule has 0 radical (unpaired) electrons. The first-order chi connectivity index (χ1) is 5.45. The maximum absolute atomic E-state index is 3.72. The number of hydrogen-bond acceptors (Lipinski definition) is 2. The van der Waals surface area contributed by atoms with E-state index in [0.717, 1.165) is 12.1 Å². The van der Waals surface area contributed by atoms with E-state index in [-0.39, 0.29) is 24.8 Å². The Balaban J connectivity index is 0.000000720. The number of piperidine rings is 1. The third-order valence-corrected chi connectivity index (χ3v) is 2.92. The highest BCUT2D eigenvalue weighted by Gasteiger charge is 2.21. The average molecular weight is 227 g/mol. The van der Waals surface area contributed by atoms with Gasteiger partial charge < -0.3 is 10.6 Å². The molecule has 0 atom stereocenters. The lowest BCUT2D eigenvalue weighted by Gasteiger charge is -2.33. The van der Waals surface area contributed by atoms with Crippen LogP contribution in [0.3, 0.4) is 0 Å². The third-order valence-electron chi connectivity index (χ3n) is 2.92. The standard InChI is InChI=1S/C9H18N2.2ClH/c1-2-8(3-1)11-9-4-6-10-7-5-9;;/h8-11H,1-7H2;2*1H. The molecule has 0 aromatic heterocycles. The zero-order valence-electron chi connectivity index (χ0n) is 7.92. The van der Waals surface area contributed by atoms with Crippen molar-refractivity contribution in [3.63, 3.8) is 0 Å². The summed E-state index contributed by atoms with van der Waals surface area (Å²) in [4.78, 5) is 0. The molecule has 13 heavy (non-hydrogen) atoms. The first kappa shape index (κ1) is 13.5. The molecule has 1 aliphatic carbocycles. The Bertz CT molecular complexity index is 123. The van der Waals surface area contributed by atoms with Gasteiger partial charge in [-0.25, -0.2) is 0 Å². The van der Waals surface area contributed by atoms with Gasteiger partial charge in [0.25, 0.3) is 0 Å². The molecular weight excluding hydrogens is 207 g/mol. The zero-order valence-corrected chi connectivity index (χ0v) is 9.55. The maximum Gasteiger partial charge on any atom is 0.00938 e. The van der Waals surface area contributed by atoms with Crippen molar-refractivity contribution >= 4 is 24.8 Å². The zero-order chi connectivity index (χ0) is 7.52. The fourth-order valence-corrected chi connectivity index (χ4v) is 1.90. The topological polar surface area (TPSA) is 24.1 Å². The molecule has 80 valence electrons. The lowest BCUT2D eigenvalue weighted by atomic mass is 9.91. The lowest BCUT2D eigenvalue weighted by molar-refractivity contribution is 0.272. The molecule has 0 amide bonds. The predicted octanol–water partition coefficient (Wildman–Crippen LogP) is 1.72. The van der Waals surface area contributed by atoms with Crippen molar-refractivity contribution in [2.75, 3.05) is 13.1 Å². The second kappa shape index (κ2) is 6.88. The van der Waals surface area contributed by atoms with E-state index >= 15 is 0 Å². The summed E-state index contributed by atoms with van der Waals surface area (Å²) in [6.45, 7) is 2.43. The SMILES string of the molecule is C1CC(NC2CCNCC2)C1.Cl.Cl. The first-order valence-corrected chi connectivity index (χ1v) is 4.92. The van der Waals surface area contributed by atoms with Gasteiger partial charge in [0.15, 0.2) is 0 Å². The van der Waals surface area contributed by atoms with Crippen molar-refractivity contribution in [1.29, 1.82) is 0 Å². The molecule has 0 bridgehead atoms. The minimum absolute atomic E-state index is 0. The highest BCUT2D eigenvalue weighted by molar-refractivity contribution is 5.85. The first-order valence-electron chi connectivity index (χ1n) is 4.92. The van der Waals surface area contributed by atoms with E-state index in [1.165, 1.54) is 45.2 Å². The summed E-state index contributed by atoms with van der Waals surface area (Å²) < 4.78 is 0. The molecule has 0 unspecified atom stereocenters. The highest BCUT2D eigenvalue weighted by atomic mass is 35.5. The van der Waals surface area contributed by atoms with Crippen LogP contribution >= 0.6 is 24.8 Å². The van der Waals surface area contributed by atoms with Gasteiger partial charge in [0.1, 0.15) is 0 Å². The van der Waals surface area contributed by atoms with E-state index in [9.17, 15) is 0 Å². The van der Waals surface area contributed by atoms with Gasteiger partial charge in [-0.2, -0.15) is 0 Å². The van der Waals surface area contributed by atoms with Crippen LogP contribution in [-0.2, 0) is 0 Å². The van der Waals surface area contributed by atoms with Crippen molar-refractivity contribution < 1.29 is 0 Å². The largest absolute Gasteiger partial charge is 0.317 e. The van der Waals surface area contributed by atoms with E-state index in [1.54, 1.807) is 0 Å². The van der Waals surface area contributed by atoms with Crippen LogP contribution in [0, 0.1) is 0 Å². The number of hydrogen-bond donors (Lipinski definition) is 2. The van der Waals surface area contributed by atoms with Gasteiger partial charge in [-0.05, 0) is 38.8 Å². The van der Waals surface area contributed by atoms with Crippen molar-refractivity contribution in [1.82, 2.24) is 10.6 Å². The lowest BCUT2D eigenvalue weighted by Crippen LogP contribution is -2.47. The molecule has 2 N–H and O–H groups in total. The molecule has 1 saturated heterocycles. The van der Waals surface area contributed by atoms with E-state index in [1.807, 2.05) is 0 Å². The Morgan fingerprint density at radius 1 is 0.846 bits per heavy atom. The molecule has 0 spiro atoms. The summed E-state index contributed by atoms with van der Waals surface area (Å²) in [5.41, 5.74) is 0. The van der Waals surface area contributed by atoms with Crippen LogP contribution < -0.4 is 10.6 Å². The second-order valence-corrected chi connectivity index (χ2v) is 3.82. The van der Waals surface area contributed by atoms with Crippen molar-refractivity contribution in [2.45, 2.75) is 44.2 Å². The van der Waals surface area contributed by atoms with Crippen molar-refractivity contribution in [3.05, 3.63) is 0 Å². The number of halogens is 2. The second-order valence-electron chi connectivity index (χ2n) is 3.82. The van der Waals surface area contributed by atoms with E-state index in [4.69, 9.17) is 0 Å². The summed E-state index contributed by atoms with van der Waals surface area (Å²) in [5.74, 6) is 0. The Kier molecular flexibility index (Phi) is 7.15. The number of nitrogens with one attached hydrogen (secondary N) is 2. The Morgan fingerprint density at radius 3 is 1.85 bits per heavy atom. The summed E-state index contributed by atoms with van der Waals surface area (Å²) in [5, 5.41) is 7.10. The van der Waals surface area contributed by atoms with Crippen LogP contribution in [0.15, 0.2) is 0 Å². The Morgan fingerprint density at radius 2 is 1.38 bits per heavy atom. The molecular formula is C9H20Cl2N2. The Hall–Kier alpha value is 0.500. The van der Waals surface area contributed by atoms with Gasteiger partial charge in [0, 0.05) is 12.1 Å². The normalized spacial score (nSPS) is 24.0. The summed E-state index contributed by atoms with van der Waals surface area (Å²) >= 11 is 0. The summed E-state index contributed by atoms with van der Waals surface area (Å²) in [7, 11) is 0. The smallest absolute Gasteiger partial charge is 0.00938 e. The molecule has 0 aromatic rings. The molecule has 2 nitrogen and oxygen atoms in total. The molecule has 2 fully saturated rings. The average Bonchev–Trinajstić information content (AvgIpc) is 1.99. The fraction of sp³-hybridized carbons (Fsp3) is 1.00. The van der Waals surface area contributed by atoms with Gasteiger partial charge in [0.05, 0.1) is 0 Å². The Labute approximate surface area is 93.1 Å². The fourth-order valence-electron chi connectivity index (χ4n) is 1.90. The molecule has 1 aliphatic heterocycles. The van der Waals surface area contributed by atoms with Crippen molar-refractivity contribution in [2.24, 2.45) is 0 Å². The van der Waals surface area contributed by atoms with Crippen LogP contribution in [-0.4, -0.2) is 25.2 Å². The molecule has 0 aromatic carbocycles. The molecule has 2 aliphatic rings. The van der Waals surface area contributed by atoms with Crippen molar-refractivity contribution in [3.8, 4) is 0 Å². The third kappa shape index (κ3) is 4.03. The predicted molar refractivity (Wildman–Crippen MR) is 61.2 cm³/mol. The highest BCUT2D eigenvalue weighted by Crippen LogP contribution is 2.19. The summed E-state index contributed by atoms with van der Waals surface area (Å²) in [6.07, 6.45) is 6.95. The van der Waals surface area contributed by atoms with Gasteiger partial charge in [-0.15, -0.1) is 24.8 Å². The minimum Gasteiger partial charge on any atom is -0.317 e. The minimum atomic E-state index is 0.